The quantitative estimate of drug-likeness (QED) is 0.760. The molecule has 0 aliphatic carbocycles. The highest BCUT2D eigenvalue weighted by molar-refractivity contribution is 6.30. The average Bonchev–Trinajstić information content (AvgIpc) is 2.30. The highest BCUT2D eigenvalue weighted by atomic mass is 35.5. The topological polar surface area (TPSA) is 40.5 Å². The van der Waals surface area contributed by atoms with Crippen LogP contribution in [0.2, 0.25) is 5.02 Å². The van der Waals surface area contributed by atoms with E-state index in [2.05, 4.69) is 6.92 Å². The smallest absolute Gasteiger partial charge is 0.176 e. The molecule has 0 aromatic heterocycles. The fourth-order valence-electron chi connectivity index (χ4n) is 1.66. The van der Waals surface area contributed by atoms with Gasteiger partial charge >= 0.3 is 0 Å². The predicted molar refractivity (Wildman–Crippen MR) is 69.6 cm³/mol. The lowest BCUT2D eigenvalue weighted by molar-refractivity contribution is 0.0915. The number of aliphatic hydroxyl groups is 1. The number of aliphatic hydroxyl groups excluding tert-OH is 1. The first kappa shape index (κ1) is 14.2. The van der Waals surface area contributed by atoms with Gasteiger partial charge in [0, 0.05) is 17.1 Å². The number of carbonyl (C=O) groups excluding carboxylic acids is 1. The van der Waals surface area contributed by atoms with Crippen molar-refractivity contribution in [1.82, 2.24) is 4.90 Å². The lowest BCUT2D eigenvalue weighted by atomic mass is 10.1. The zero-order valence-corrected chi connectivity index (χ0v) is 10.8. The Morgan fingerprint density at radius 2 is 1.94 bits per heavy atom. The fraction of sp³-hybridized carbons (Fsp3) is 0.462. The van der Waals surface area contributed by atoms with Gasteiger partial charge in [-0.25, -0.2) is 0 Å². The highest BCUT2D eigenvalue weighted by Gasteiger charge is 2.11. The molecule has 4 heteroatoms. The van der Waals surface area contributed by atoms with Crippen LogP contribution in [0.3, 0.4) is 0 Å². The van der Waals surface area contributed by atoms with Gasteiger partial charge in [0.15, 0.2) is 5.78 Å². The fourth-order valence-corrected chi connectivity index (χ4v) is 1.78. The van der Waals surface area contributed by atoms with E-state index in [0.29, 0.717) is 23.7 Å². The third-order valence-electron chi connectivity index (χ3n) is 2.49. The Labute approximate surface area is 107 Å². The van der Waals surface area contributed by atoms with Gasteiger partial charge in [-0.2, -0.15) is 0 Å². The number of rotatable bonds is 7. The van der Waals surface area contributed by atoms with Crippen LogP contribution >= 0.6 is 11.6 Å². The van der Waals surface area contributed by atoms with Gasteiger partial charge in [0.25, 0.3) is 0 Å². The first-order valence-corrected chi connectivity index (χ1v) is 6.17. The van der Waals surface area contributed by atoms with Crippen LogP contribution in [0, 0.1) is 0 Å². The van der Waals surface area contributed by atoms with E-state index < -0.39 is 0 Å². The molecule has 0 bridgehead atoms. The second kappa shape index (κ2) is 7.43. The molecule has 0 aliphatic heterocycles. The summed E-state index contributed by atoms with van der Waals surface area (Å²) in [4.78, 5) is 13.9. The minimum atomic E-state index is 0.0589. The van der Waals surface area contributed by atoms with Crippen molar-refractivity contribution in [3.05, 3.63) is 34.9 Å². The number of benzene rings is 1. The van der Waals surface area contributed by atoms with E-state index in [9.17, 15) is 4.79 Å². The van der Waals surface area contributed by atoms with Crippen LogP contribution in [-0.4, -0.2) is 42.0 Å². The largest absolute Gasteiger partial charge is 0.395 e. The molecule has 1 N–H and O–H groups in total. The second-order valence-electron chi connectivity index (χ2n) is 3.93. The minimum absolute atomic E-state index is 0.0589. The maximum atomic E-state index is 11.9. The lowest BCUT2D eigenvalue weighted by Gasteiger charge is -2.19. The van der Waals surface area contributed by atoms with E-state index >= 15 is 0 Å². The van der Waals surface area contributed by atoms with Crippen molar-refractivity contribution < 1.29 is 9.90 Å². The van der Waals surface area contributed by atoms with Crippen molar-refractivity contribution in [3.63, 3.8) is 0 Å². The summed E-state index contributed by atoms with van der Waals surface area (Å²) in [6.45, 7) is 3.83. The molecule has 0 spiro atoms. The summed E-state index contributed by atoms with van der Waals surface area (Å²) in [5.41, 5.74) is 0.661. The molecule has 0 unspecified atom stereocenters. The highest BCUT2D eigenvalue weighted by Crippen LogP contribution is 2.10. The van der Waals surface area contributed by atoms with E-state index in [1.807, 2.05) is 4.90 Å². The summed E-state index contributed by atoms with van der Waals surface area (Å²) in [7, 11) is 0. The normalized spacial score (nSPS) is 10.8. The third kappa shape index (κ3) is 4.86. The summed E-state index contributed by atoms with van der Waals surface area (Å²) in [5.74, 6) is 0.0589. The molecule has 3 nitrogen and oxygen atoms in total. The van der Waals surface area contributed by atoms with Crippen LogP contribution in [0.5, 0.6) is 0 Å². The SMILES string of the molecule is CCCN(CCO)CC(=O)c1ccc(Cl)cc1. The number of hydrogen-bond donors (Lipinski definition) is 1. The maximum absolute atomic E-state index is 11.9. The van der Waals surface area contributed by atoms with Gasteiger partial charge in [-0.05, 0) is 37.2 Å². The lowest BCUT2D eigenvalue weighted by Crippen LogP contribution is -2.33. The van der Waals surface area contributed by atoms with E-state index in [4.69, 9.17) is 16.7 Å². The standard InChI is InChI=1S/C13H18ClNO2/c1-2-7-15(8-9-16)10-13(17)11-3-5-12(14)6-4-11/h3-6,16H,2,7-10H2,1H3. The maximum Gasteiger partial charge on any atom is 0.176 e. The van der Waals surface area contributed by atoms with Crippen molar-refractivity contribution in [3.8, 4) is 0 Å². The summed E-state index contributed by atoms with van der Waals surface area (Å²) < 4.78 is 0. The average molecular weight is 256 g/mol. The van der Waals surface area contributed by atoms with E-state index in [0.717, 1.165) is 13.0 Å². The second-order valence-corrected chi connectivity index (χ2v) is 4.37. The first-order valence-electron chi connectivity index (χ1n) is 5.79. The van der Waals surface area contributed by atoms with Crippen LogP contribution < -0.4 is 0 Å². The predicted octanol–water partition coefficient (Wildman–Crippen LogP) is 2.23. The monoisotopic (exact) mass is 255 g/mol. The molecule has 0 aliphatic rings. The molecule has 94 valence electrons. The Balaban J connectivity index is 2.60. The van der Waals surface area contributed by atoms with Gasteiger partial charge in [0.1, 0.15) is 0 Å². The Bertz CT molecular complexity index is 345. The van der Waals surface area contributed by atoms with Crippen molar-refractivity contribution >= 4 is 17.4 Å². The Kier molecular flexibility index (Phi) is 6.19. The van der Waals surface area contributed by atoms with Crippen molar-refractivity contribution in [2.24, 2.45) is 0 Å². The number of ketones is 1. The van der Waals surface area contributed by atoms with Crippen molar-refractivity contribution in [1.29, 1.82) is 0 Å². The molecule has 0 amide bonds. The molecule has 0 heterocycles. The molecule has 0 saturated carbocycles. The minimum Gasteiger partial charge on any atom is -0.395 e. The molecule has 0 radical (unpaired) electrons. The molecule has 0 fully saturated rings. The number of carbonyl (C=O) groups is 1. The Morgan fingerprint density at radius 3 is 2.47 bits per heavy atom. The molecule has 1 aromatic carbocycles. The summed E-state index contributed by atoms with van der Waals surface area (Å²) in [6.07, 6.45) is 0.966. The third-order valence-corrected chi connectivity index (χ3v) is 2.74. The zero-order chi connectivity index (χ0) is 12.7. The van der Waals surface area contributed by atoms with E-state index in [-0.39, 0.29) is 12.4 Å². The van der Waals surface area contributed by atoms with Gasteiger partial charge in [-0.1, -0.05) is 18.5 Å². The van der Waals surface area contributed by atoms with Crippen LogP contribution in [0.25, 0.3) is 0 Å². The molecule has 0 atom stereocenters. The Morgan fingerprint density at radius 1 is 1.29 bits per heavy atom. The van der Waals surface area contributed by atoms with Crippen LogP contribution in [0.1, 0.15) is 23.7 Å². The van der Waals surface area contributed by atoms with Crippen LogP contribution in [0.15, 0.2) is 24.3 Å². The van der Waals surface area contributed by atoms with Crippen LogP contribution in [-0.2, 0) is 0 Å². The van der Waals surface area contributed by atoms with E-state index in [1.165, 1.54) is 0 Å². The number of Topliss-reactive ketones (excluding diaryl/α,β-unsaturated/α-hetero) is 1. The number of hydrogen-bond acceptors (Lipinski definition) is 3. The zero-order valence-electron chi connectivity index (χ0n) is 10.0. The summed E-state index contributed by atoms with van der Waals surface area (Å²) in [5, 5.41) is 9.54. The number of halogens is 1. The first-order chi connectivity index (χ1) is 8.17. The molecule has 1 rings (SSSR count). The van der Waals surface area contributed by atoms with Gasteiger partial charge in [0.2, 0.25) is 0 Å². The Hall–Kier alpha value is -0.900. The summed E-state index contributed by atoms with van der Waals surface area (Å²) >= 11 is 5.77. The molecule has 1 aromatic rings. The van der Waals surface area contributed by atoms with Crippen molar-refractivity contribution in [2.45, 2.75) is 13.3 Å². The molecule has 0 saturated heterocycles. The molecular formula is C13H18ClNO2. The molecule has 17 heavy (non-hydrogen) atoms. The van der Waals surface area contributed by atoms with Gasteiger partial charge < -0.3 is 5.11 Å². The van der Waals surface area contributed by atoms with Gasteiger partial charge in [0.05, 0.1) is 13.2 Å². The number of nitrogens with zero attached hydrogens (tertiary/aromatic N) is 1. The summed E-state index contributed by atoms with van der Waals surface area (Å²) in [6, 6.07) is 6.89. The van der Waals surface area contributed by atoms with Crippen LogP contribution in [0.4, 0.5) is 0 Å². The van der Waals surface area contributed by atoms with E-state index in [1.54, 1.807) is 24.3 Å². The van der Waals surface area contributed by atoms with Gasteiger partial charge in [-0.15, -0.1) is 0 Å². The molecular weight excluding hydrogens is 238 g/mol. The van der Waals surface area contributed by atoms with Crippen molar-refractivity contribution in [2.75, 3.05) is 26.2 Å². The van der Waals surface area contributed by atoms with Gasteiger partial charge in [-0.3, -0.25) is 9.69 Å².